The van der Waals surface area contributed by atoms with Crippen molar-refractivity contribution in [3.05, 3.63) is 40.0 Å². The predicted molar refractivity (Wildman–Crippen MR) is 60.9 cm³/mol. The summed E-state index contributed by atoms with van der Waals surface area (Å²) < 4.78 is 12.5. The van der Waals surface area contributed by atoms with E-state index < -0.39 is 0 Å². The molecule has 0 aliphatic carbocycles. The van der Waals surface area contributed by atoms with Gasteiger partial charge >= 0.3 is 0 Å². The van der Waals surface area contributed by atoms with Crippen molar-refractivity contribution in [3.8, 4) is 17.2 Å². The van der Waals surface area contributed by atoms with Gasteiger partial charge in [-0.05, 0) is 12.1 Å². The fourth-order valence-electron chi connectivity index (χ4n) is 1.62. The summed E-state index contributed by atoms with van der Waals surface area (Å²) in [7, 11) is 0. The van der Waals surface area contributed by atoms with Gasteiger partial charge in [0, 0.05) is 17.5 Å². The molecule has 0 saturated carbocycles. The second-order valence-electron chi connectivity index (χ2n) is 3.37. The van der Waals surface area contributed by atoms with Gasteiger partial charge in [-0.3, -0.25) is 4.79 Å². The number of aromatic nitrogens is 1. The first-order chi connectivity index (χ1) is 7.84. The summed E-state index contributed by atoms with van der Waals surface area (Å²) >= 11 is 1.36. The van der Waals surface area contributed by atoms with E-state index in [2.05, 4.69) is 0 Å². The molecular weight excluding hydrogens is 226 g/mol. The zero-order valence-electron chi connectivity index (χ0n) is 8.38. The van der Waals surface area contributed by atoms with E-state index in [1.807, 2.05) is 18.2 Å². The molecule has 0 bridgehead atoms. The number of hydrogen-bond donors (Lipinski definition) is 0. The fourth-order valence-corrected chi connectivity index (χ4v) is 2.31. The van der Waals surface area contributed by atoms with Crippen molar-refractivity contribution in [2.45, 2.75) is 0 Å². The molecule has 0 radical (unpaired) electrons. The Hall–Kier alpha value is -1.75. The first kappa shape index (κ1) is 9.47. The SMILES string of the molecule is O=c1ccsn1-c1ccc2c(c1)OCCO2. The lowest BCUT2D eigenvalue weighted by atomic mass is 10.2. The highest BCUT2D eigenvalue weighted by molar-refractivity contribution is 7.04. The van der Waals surface area contributed by atoms with Gasteiger partial charge in [-0.15, -0.1) is 0 Å². The Labute approximate surface area is 95.8 Å². The molecule has 0 atom stereocenters. The summed E-state index contributed by atoms with van der Waals surface area (Å²) in [4.78, 5) is 11.5. The van der Waals surface area contributed by atoms with Crippen LogP contribution in [0.2, 0.25) is 0 Å². The fraction of sp³-hybridized carbons (Fsp3) is 0.182. The molecule has 3 rings (SSSR count). The van der Waals surface area contributed by atoms with E-state index in [9.17, 15) is 4.79 Å². The maximum atomic E-state index is 11.5. The standard InChI is InChI=1S/C11H9NO3S/c13-11-3-6-16-12(11)8-1-2-9-10(7-8)15-5-4-14-9/h1-3,6-7H,4-5H2. The van der Waals surface area contributed by atoms with Gasteiger partial charge < -0.3 is 9.47 Å². The van der Waals surface area contributed by atoms with Crippen molar-refractivity contribution in [2.24, 2.45) is 0 Å². The van der Waals surface area contributed by atoms with E-state index in [0.29, 0.717) is 19.0 Å². The summed E-state index contributed by atoms with van der Waals surface area (Å²) in [6, 6.07) is 7.05. The van der Waals surface area contributed by atoms with Gasteiger partial charge in [0.25, 0.3) is 5.56 Å². The largest absolute Gasteiger partial charge is 0.486 e. The van der Waals surface area contributed by atoms with Crippen molar-refractivity contribution in [1.82, 2.24) is 3.96 Å². The van der Waals surface area contributed by atoms with Crippen LogP contribution in [0, 0.1) is 0 Å². The normalized spacial score (nSPS) is 13.8. The minimum Gasteiger partial charge on any atom is -0.486 e. The van der Waals surface area contributed by atoms with Crippen LogP contribution in [0.25, 0.3) is 5.69 Å². The molecule has 16 heavy (non-hydrogen) atoms. The summed E-state index contributed by atoms with van der Waals surface area (Å²) in [6.45, 7) is 1.13. The van der Waals surface area contributed by atoms with Crippen LogP contribution in [0.4, 0.5) is 0 Å². The Morgan fingerprint density at radius 2 is 1.94 bits per heavy atom. The lowest BCUT2D eigenvalue weighted by Gasteiger charge is -2.18. The highest BCUT2D eigenvalue weighted by atomic mass is 32.1. The van der Waals surface area contributed by atoms with Crippen LogP contribution in [0.15, 0.2) is 34.4 Å². The van der Waals surface area contributed by atoms with Crippen LogP contribution in [0.3, 0.4) is 0 Å². The zero-order chi connectivity index (χ0) is 11.0. The third-order valence-corrected chi connectivity index (χ3v) is 3.20. The topological polar surface area (TPSA) is 40.5 Å². The predicted octanol–water partition coefficient (Wildman–Crippen LogP) is 1.67. The first-order valence-corrected chi connectivity index (χ1v) is 5.75. The van der Waals surface area contributed by atoms with Crippen molar-refractivity contribution < 1.29 is 9.47 Å². The summed E-state index contributed by atoms with van der Waals surface area (Å²) in [5.41, 5.74) is 0.783. The molecule has 1 aromatic carbocycles. The van der Waals surface area contributed by atoms with E-state index in [1.54, 1.807) is 15.4 Å². The molecule has 4 nitrogen and oxygen atoms in total. The van der Waals surface area contributed by atoms with Gasteiger partial charge in [-0.2, -0.15) is 0 Å². The Morgan fingerprint density at radius 1 is 1.12 bits per heavy atom. The molecular formula is C11H9NO3S. The molecule has 2 aromatic rings. The molecule has 0 unspecified atom stereocenters. The van der Waals surface area contributed by atoms with Crippen LogP contribution in [-0.4, -0.2) is 17.2 Å². The third kappa shape index (κ3) is 1.49. The van der Waals surface area contributed by atoms with E-state index >= 15 is 0 Å². The minimum absolute atomic E-state index is 0.0262. The maximum Gasteiger partial charge on any atom is 0.265 e. The smallest absolute Gasteiger partial charge is 0.265 e. The molecule has 0 fully saturated rings. The number of benzene rings is 1. The van der Waals surface area contributed by atoms with E-state index in [0.717, 1.165) is 11.4 Å². The number of nitrogens with zero attached hydrogens (tertiary/aromatic N) is 1. The molecule has 0 amide bonds. The second-order valence-corrected chi connectivity index (χ2v) is 4.22. The molecule has 82 valence electrons. The Balaban J connectivity index is 2.10. The number of rotatable bonds is 1. The van der Waals surface area contributed by atoms with Gasteiger partial charge in [-0.25, -0.2) is 3.96 Å². The summed E-state index contributed by atoms with van der Waals surface area (Å²) in [5, 5.41) is 1.76. The average molecular weight is 235 g/mol. The molecule has 1 aromatic heterocycles. The lowest BCUT2D eigenvalue weighted by Crippen LogP contribution is -2.16. The van der Waals surface area contributed by atoms with Gasteiger partial charge in [0.1, 0.15) is 13.2 Å². The van der Waals surface area contributed by atoms with E-state index in [-0.39, 0.29) is 5.56 Å². The number of fused-ring (bicyclic) bond motifs is 1. The van der Waals surface area contributed by atoms with Crippen molar-refractivity contribution in [2.75, 3.05) is 13.2 Å². The maximum absolute atomic E-state index is 11.5. The van der Waals surface area contributed by atoms with Crippen LogP contribution in [0.5, 0.6) is 11.5 Å². The van der Waals surface area contributed by atoms with Crippen LogP contribution in [0.1, 0.15) is 0 Å². The quantitative estimate of drug-likeness (QED) is 0.755. The van der Waals surface area contributed by atoms with E-state index in [4.69, 9.17) is 9.47 Å². The first-order valence-electron chi connectivity index (χ1n) is 4.92. The number of hydrogen-bond acceptors (Lipinski definition) is 4. The molecule has 0 spiro atoms. The lowest BCUT2D eigenvalue weighted by molar-refractivity contribution is 0.171. The zero-order valence-corrected chi connectivity index (χ0v) is 9.20. The highest BCUT2D eigenvalue weighted by Gasteiger charge is 2.12. The van der Waals surface area contributed by atoms with Crippen molar-refractivity contribution >= 4 is 11.5 Å². The Kier molecular flexibility index (Phi) is 2.18. The summed E-state index contributed by atoms with van der Waals surface area (Å²) in [6.07, 6.45) is 0. The summed E-state index contributed by atoms with van der Waals surface area (Å²) in [5.74, 6) is 1.43. The second kappa shape index (κ2) is 3.68. The molecule has 2 heterocycles. The van der Waals surface area contributed by atoms with Crippen molar-refractivity contribution in [3.63, 3.8) is 0 Å². The van der Waals surface area contributed by atoms with Crippen LogP contribution >= 0.6 is 11.5 Å². The molecule has 1 aliphatic rings. The molecule has 0 N–H and O–H groups in total. The van der Waals surface area contributed by atoms with Crippen LogP contribution in [-0.2, 0) is 0 Å². The minimum atomic E-state index is -0.0262. The molecule has 1 aliphatic heterocycles. The third-order valence-electron chi connectivity index (χ3n) is 2.34. The average Bonchev–Trinajstić information content (AvgIpc) is 2.75. The van der Waals surface area contributed by atoms with Gasteiger partial charge in [0.2, 0.25) is 0 Å². The highest BCUT2D eigenvalue weighted by Crippen LogP contribution is 2.31. The number of ether oxygens (including phenoxy) is 2. The molecule has 5 heteroatoms. The van der Waals surface area contributed by atoms with E-state index in [1.165, 1.54) is 11.5 Å². The van der Waals surface area contributed by atoms with Gasteiger partial charge in [0.05, 0.1) is 5.69 Å². The Morgan fingerprint density at radius 3 is 2.69 bits per heavy atom. The van der Waals surface area contributed by atoms with Crippen molar-refractivity contribution in [1.29, 1.82) is 0 Å². The van der Waals surface area contributed by atoms with Gasteiger partial charge in [0.15, 0.2) is 11.5 Å². The monoisotopic (exact) mass is 235 g/mol. The van der Waals surface area contributed by atoms with Gasteiger partial charge in [-0.1, -0.05) is 11.5 Å². The van der Waals surface area contributed by atoms with Crippen LogP contribution < -0.4 is 15.0 Å². The Bertz CT molecular complexity index is 573. The molecule has 0 saturated heterocycles.